The Morgan fingerprint density at radius 3 is 2.40 bits per heavy atom. The maximum Gasteiger partial charge on any atom is 0.251 e. The maximum atomic E-state index is 12.4. The van der Waals surface area contributed by atoms with Crippen LogP contribution in [0.4, 0.5) is 0 Å². The van der Waals surface area contributed by atoms with Crippen LogP contribution in [0.3, 0.4) is 0 Å². The molecule has 1 N–H and O–H groups in total. The smallest absolute Gasteiger partial charge is 0.251 e. The summed E-state index contributed by atoms with van der Waals surface area (Å²) in [6.07, 6.45) is 3.64. The molecule has 5 heteroatoms. The largest absolute Gasteiger partial charge is 0.349 e. The summed E-state index contributed by atoms with van der Waals surface area (Å²) >= 11 is 0. The normalized spacial score (nSPS) is 19.6. The SMILES string of the molecule is CC(C)N1CCC(NC(=O)c2ccc(CN3CCCC3=O)cc2)CC1. The minimum absolute atomic E-state index is 0.00629. The van der Waals surface area contributed by atoms with E-state index in [1.807, 2.05) is 29.2 Å². The molecular formula is C20H29N3O2. The van der Waals surface area contributed by atoms with E-state index in [9.17, 15) is 9.59 Å². The van der Waals surface area contributed by atoms with E-state index >= 15 is 0 Å². The minimum atomic E-state index is 0.00629. The first-order valence-electron chi connectivity index (χ1n) is 9.44. The first-order valence-corrected chi connectivity index (χ1v) is 9.44. The molecule has 1 aromatic rings. The van der Waals surface area contributed by atoms with Gasteiger partial charge in [0, 0.05) is 50.2 Å². The van der Waals surface area contributed by atoms with Gasteiger partial charge in [-0.05, 0) is 50.8 Å². The Balaban J connectivity index is 1.50. The van der Waals surface area contributed by atoms with Gasteiger partial charge in [-0.3, -0.25) is 9.59 Å². The van der Waals surface area contributed by atoms with E-state index in [0.29, 0.717) is 24.6 Å². The second-order valence-corrected chi connectivity index (χ2v) is 7.49. The van der Waals surface area contributed by atoms with E-state index in [4.69, 9.17) is 0 Å². The number of carbonyl (C=O) groups excluding carboxylic acids is 2. The van der Waals surface area contributed by atoms with E-state index < -0.39 is 0 Å². The standard InChI is InChI=1S/C20H29N3O2/c1-15(2)22-12-9-18(10-13-22)21-20(25)17-7-5-16(6-8-17)14-23-11-3-4-19(23)24/h5-8,15,18H,3-4,9-14H2,1-2H3,(H,21,25). The van der Waals surface area contributed by atoms with Crippen molar-refractivity contribution in [3.05, 3.63) is 35.4 Å². The number of piperidine rings is 1. The fraction of sp³-hybridized carbons (Fsp3) is 0.600. The minimum Gasteiger partial charge on any atom is -0.349 e. The molecule has 0 spiro atoms. The molecule has 2 fully saturated rings. The second kappa shape index (κ2) is 8.00. The molecule has 0 radical (unpaired) electrons. The number of hydrogen-bond donors (Lipinski definition) is 1. The lowest BCUT2D eigenvalue weighted by atomic mass is 10.0. The predicted octanol–water partition coefficient (Wildman–Crippen LogP) is 2.41. The zero-order valence-corrected chi connectivity index (χ0v) is 15.3. The summed E-state index contributed by atoms with van der Waals surface area (Å²) in [6.45, 7) is 8.02. The summed E-state index contributed by atoms with van der Waals surface area (Å²) in [5, 5.41) is 3.16. The van der Waals surface area contributed by atoms with E-state index in [-0.39, 0.29) is 17.9 Å². The number of rotatable bonds is 5. The van der Waals surface area contributed by atoms with Crippen molar-refractivity contribution in [3.63, 3.8) is 0 Å². The van der Waals surface area contributed by atoms with Crippen LogP contribution in [0, 0.1) is 0 Å². The fourth-order valence-electron chi connectivity index (χ4n) is 3.68. The molecule has 3 rings (SSSR count). The number of amides is 2. The average Bonchev–Trinajstić information content (AvgIpc) is 3.01. The van der Waals surface area contributed by atoms with Gasteiger partial charge in [0.05, 0.1) is 0 Å². The maximum absolute atomic E-state index is 12.4. The Bertz CT molecular complexity index is 604. The van der Waals surface area contributed by atoms with Gasteiger partial charge in [0.15, 0.2) is 0 Å². The molecule has 0 unspecified atom stereocenters. The lowest BCUT2D eigenvalue weighted by Gasteiger charge is -2.34. The van der Waals surface area contributed by atoms with Crippen molar-refractivity contribution in [2.24, 2.45) is 0 Å². The monoisotopic (exact) mass is 343 g/mol. The highest BCUT2D eigenvalue weighted by Crippen LogP contribution is 2.16. The van der Waals surface area contributed by atoms with E-state index in [1.165, 1.54) is 0 Å². The number of likely N-dealkylation sites (tertiary alicyclic amines) is 2. The molecule has 2 aliphatic rings. The van der Waals surface area contributed by atoms with Gasteiger partial charge in [-0.15, -0.1) is 0 Å². The molecule has 2 saturated heterocycles. The first kappa shape index (κ1) is 17.9. The van der Waals surface area contributed by atoms with Crippen molar-refractivity contribution in [1.29, 1.82) is 0 Å². The zero-order chi connectivity index (χ0) is 17.8. The second-order valence-electron chi connectivity index (χ2n) is 7.49. The first-order chi connectivity index (χ1) is 12.0. The third-order valence-electron chi connectivity index (χ3n) is 5.36. The van der Waals surface area contributed by atoms with Gasteiger partial charge in [0.1, 0.15) is 0 Å². The third-order valence-corrected chi connectivity index (χ3v) is 5.36. The number of carbonyl (C=O) groups is 2. The molecule has 2 aliphatic heterocycles. The van der Waals surface area contributed by atoms with Gasteiger partial charge in [-0.25, -0.2) is 0 Å². The molecule has 0 atom stereocenters. The van der Waals surface area contributed by atoms with E-state index in [0.717, 1.165) is 44.5 Å². The Labute approximate surface area is 150 Å². The molecule has 2 heterocycles. The van der Waals surface area contributed by atoms with Crippen LogP contribution in [0.15, 0.2) is 24.3 Å². The van der Waals surface area contributed by atoms with Crippen LogP contribution < -0.4 is 5.32 Å². The zero-order valence-electron chi connectivity index (χ0n) is 15.3. The van der Waals surface area contributed by atoms with Crippen LogP contribution in [-0.4, -0.2) is 53.3 Å². The van der Waals surface area contributed by atoms with Gasteiger partial charge in [0.2, 0.25) is 5.91 Å². The molecule has 0 bridgehead atoms. The molecule has 1 aromatic carbocycles. The third kappa shape index (κ3) is 4.60. The molecule has 0 saturated carbocycles. The Morgan fingerprint density at radius 2 is 1.84 bits per heavy atom. The fourth-order valence-corrected chi connectivity index (χ4v) is 3.68. The van der Waals surface area contributed by atoms with Crippen molar-refractivity contribution in [1.82, 2.24) is 15.1 Å². The van der Waals surface area contributed by atoms with Gasteiger partial charge in [-0.1, -0.05) is 12.1 Å². The van der Waals surface area contributed by atoms with Gasteiger partial charge >= 0.3 is 0 Å². The van der Waals surface area contributed by atoms with Crippen LogP contribution in [-0.2, 0) is 11.3 Å². The molecule has 0 aromatic heterocycles. The van der Waals surface area contributed by atoms with Crippen LogP contribution in [0.25, 0.3) is 0 Å². The molecular weight excluding hydrogens is 314 g/mol. The summed E-state index contributed by atoms with van der Waals surface area (Å²) in [5.74, 6) is 0.237. The summed E-state index contributed by atoms with van der Waals surface area (Å²) in [6, 6.07) is 8.50. The molecule has 25 heavy (non-hydrogen) atoms. The number of benzene rings is 1. The average molecular weight is 343 g/mol. The highest BCUT2D eigenvalue weighted by atomic mass is 16.2. The lowest BCUT2D eigenvalue weighted by molar-refractivity contribution is -0.128. The summed E-state index contributed by atoms with van der Waals surface area (Å²) in [5.41, 5.74) is 1.78. The number of hydrogen-bond acceptors (Lipinski definition) is 3. The molecule has 136 valence electrons. The lowest BCUT2D eigenvalue weighted by Crippen LogP contribution is -2.46. The Kier molecular flexibility index (Phi) is 5.74. The van der Waals surface area contributed by atoms with Gasteiger partial charge in [0.25, 0.3) is 5.91 Å². The molecule has 5 nitrogen and oxygen atoms in total. The van der Waals surface area contributed by atoms with Crippen molar-refractivity contribution < 1.29 is 9.59 Å². The van der Waals surface area contributed by atoms with Crippen molar-refractivity contribution in [2.45, 2.75) is 58.2 Å². The highest BCUT2D eigenvalue weighted by molar-refractivity contribution is 5.94. The van der Waals surface area contributed by atoms with Crippen molar-refractivity contribution in [2.75, 3.05) is 19.6 Å². The van der Waals surface area contributed by atoms with Crippen LogP contribution in [0.5, 0.6) is 0 Å². The van der Waals surface area contributed by atoms with Crippen LogP contribution >= 0.6 is 0 Å². The van der Waals surface area contributed by atoms with Crippen LogP contribution in [0.1, 0.15) is 55.5 Å². The van der Waals surface area contributed by atoms with Crippen molar-refractivity contribution >= 4 is 11.8 Å². The predicted molar refractivity (Wildman–Crippen MR) is 98.3 cm³/mol. The molecule has 2 amide bonds. The Hall–Kier alpha value is -1.88. The number of nitrogens with zero attached hydrogens (tertiary/aromatic N) is 2. The van der Waals surface area contributed by atoms with Gasteiger partial charge < -0.3 is 15.1 Å². The summed E-state index contributed by atoms with van der Waals surface area (Å²) < 4.78 is 0. The quantitative estimate of drug-likeness (QED) is 0.893. The van der Waals surface area contributed by atoms with E-state index in [2.05, 4.69) is 24.1 Å². The van der Waals surface area contributed by atoms with Crippen molar-refractivity contribution in [3.8, 4) is 0 Å². The number of nitrogens with one attached hydrogen (secondary N) is 1. The van der Waals surface area contributed by atoms with E-state index in [1.54, 1.807) is 0 Å². The van der Waals surface area contributed by atoms with Crippen LogP contribution in [0.2, 0.25) is 0 Å². The summed E-state index contributed by atoms with van der Waals surface area (Å²) in [4.78, 5) is 28.5. The topological polar surface area (TPSA) is 52.7 Å². The highest BCUT2D eigenvalue weighted by Gasteiger charge is 2.23. The Morgan fingerprint density at radius 1 is 1.16 bits per heavy atom. The van der Waals surface area contributed by atoms with Gasteiger partial charge in [-0.2, -0.15) is 0 Å². The summed E-state index contributed by atoms with van der Waals surface area (Å²) in [7, 11) is 0. The molecule has 0 aliphatic carbocycles.